The lowest BCUT2D eigenvalue weighted by atomic mass is 10.0. The second kappa shape index (κ2) is 9.21. The third kappa shape index (κ3) is 5.02. The van der Waals surface area contributed by atoms with Crippen LogP contribution in [0.15, 0.2) is 47.3 Å². The van der Waals surface area contributed by atoms with Gasteiger partial charge in [0.05, 0.1) is 23.6 Å². The van der Waals surface area contributed by atoms with Crippen molar-refractivity contribution in [2.24, 2.45) is 0 Å². The summed E-state index contributed by atoms with van der Waals surface area (Å²) in [7, 11) is 1.27. The molecular weight excluding hydrogens is 388 g/mol. The van der Waals surface area contributed by atoms with Gasteiger partial charge in [-0.05, 0) is 41.8 Å². The fourth-order valence-corrected chi connectivity index (χ4v) is 2.78. The second-order valence-corrected chi connectivity index (χ2v) is 6.91. The fourth-order valence-electron chi connectivity index (χ4n) is 2.78. The molecule has 0 radical (unpaired) electrons. The highest BCUT2D eigenvalue weighted by molar-refractivity contribution is 5.93. The largest absolute Gasteiger partial charge is 0.482 e. The quantitative estimate of drug-likeness (QED) is 0.597. The zero-order valence-corrected chi connectivity index (χ0v) is 16.9. The zero-order valence-electron chi connectivity index (χ0n) is 16.9. The van der Waals surface area contributed by atoms with Crippen LogP contribution in [-0.2, 0) is 20.9 Å². The summed E-state index contributed by atoms with van der Waals surface area (Å²) in [6.07, 6.45) is 0. The third-order valence-electron chi connectivity index (χ3n) is 4.45. The van der Waals surface area contributed by atoms with Crippen molar-refractivity contribution in [3.8, 4) is 5.75 Å². The normalized spacial score (nSPS) is 10.8. The van der Waals surface area contributed by atoms with Gasteiger partial charge in [0.25, 0.3) is 5.56 Å². The molecule has 2 aromatic carbocycles. The number of rotatable bonds is 7. The summed E-state index contributed by atoms with van der Waals surface area (Å²) in [5.74, 6) is -0.0167. The van der Waals surface area contributed by atoms with E-state index in [1.54, 1.807) is 12.1 Å². The van der Waals surface area contributed by atoms with E-state index in [9.17, 15) is 14.4 Å². The first-order chi connectivity index (χ1) is 14.4. The van der Waals surface area contributed by atoms with E-state index in [1.165, 1.54) is 30.9 Å². The van der Waals surface area contributed by atoms with Crippen molar-refractivity contribution >= 4 is 22.8 Å². The number of hydrogen-bond donors (Lipinski definition) is 1. The maximum atomic E-state index is 12.2. The standard InChI is InChI=1S/C22H22N2O6/c1-13(2)14-4-7-16(8-5-14)29-12-20(25)30-11-19-23-18-10-15(22(27)28-3)6-9-17(18)21(26)24-19/h4-10,13H,11-12H2,1-3H3,(H,23,24,26). The Bertz CT molecular complexity index is 1120. The Labute approximate surface area is 172 Å². The topological polar surface area (TPSA) is 108 Å². The minimum Gasteiger partial charge on any atom is -0.482 e. The van der Waals surface area contributed by atoms with Gasteiger partial charge in [-0.1, -0.05) is 26.0 Å². The van der Waals surface area contributed by atoms with Gasteiger partial charge < -0.3 is 19.2 Å². The molecule has 8 heteroatoms. The summed E-state index contributed by atoms with van der Waals surface area (Å²) >= 11 is 0. The number of ether oxygens (including phenoxy) is 3. The van der Waals surface area contributed by atoms with E-state index in [0.29, 0.717) is 22.6 Å². The Balaban J connectivity index is 1.62. The molecule has 0 fully saturated rings. The van der Waals surface area contributed by atoms with Crippen LogP contribution in [-0.4, -0.2) is 35.6 Å². The Morgan fingerprint density at radius 3 is 2.50 bits per heavy atom. The molecule has 1 heterocycles. The van der Waals surface area contributed by atoms with Crippen LogP contribution in [0.1, 0.15) is 41.5 Å². The van der Waals surface area contributed by atoms with Crippen LogP contribution >= 0.6 is 0 Å². The molecule has 1 aromatic heterocycles. The molecular formula is C22H22N2O6. The number of carbonyl (C=O) groups is 2. The first kappa shape index (κ1) is 21.0. The second-order valence-electron chi connectivity index (χ2n) is 6.91. The number of esters is 2. The Hall–Kier alpha value is -3.68. The highest BCUT2D eigenvalue weighted by atomic mass is 16.6. The van der Waals surface area contributed by atoms with Crippen molar-refractivity contribution in [2.45, 2.75) is 26.4 Å². The number of methoxy groups -OCH3 is 1. The summed E-state index contributed by atoms with van der Waals surface area (Å²) in [4.78, 5) is 42.6. The van der Waals surface area contributed by atoms with Crippen LogP contribution in [0, 0.1) is 0 Å². The zero-order chi connectivity index (χ0) is 21.7. The molecule has 3 aromatic rings. The number of H-pyrrole nitrogens is 1. The number of nitrogens with zero attached hydrogens (tertiary/aromatic N) is 1. The molecule has 0 saturated heterocycles. The van der Waals surface area contributed by atoms with Gasteiger partial charge >= 0.3 is 11.9 Å². The molecule has 156 valence electrons. The van der Waals surface area contributed by atoms with Crippen LogP contribution in [0.3, 0.4) is 0 Å². The minimum atomic E-state index is -0.603. The third-order valence-corrected chi connectivity index (χ3v) is 4.45. The molecule has 0 unspecified atom stereocenters. The van der Waals surface area contributed by atoms with Crippen LogP contribution in [0.25, 0.3) is 10.9 Å². The molecule has 30 heavy (non-hydrogen) atoms. The highest BCUT2D eigenvalue weighted by Gasteiger charge is 2.11. The summed E-state index contributed by atoms with van der Waals surface area (Å²) in [5, 5.41) is 0.311. The minimum absolute atomic E-state index is 0.157. The van der Waals surface area contributed by atoms with Crippen molar-refractivity contribution < 1.29 is 23.8 Å². The van der Waals surface area contributed by atoms with Crippen LogP contribution in [0.4, 0.5) is 0 Å². The first-order valence-electron chi connectivity index (χ1n) is 9.37. The number of benzene rings is 2. The SMILES string of the molecule is COC(=O)c1ccc2c(=O)[nH]c(COC(=O)COc3ccc(C(C)C)cc3)nc2c1. The maximum absolute atomic E-state index is 12.2. The smallest absolute Gasteiger partial charge is 0.344 e. The first-order valence-corrected chi connectivity index (χ1v) is 9.37. The molecule has 0 aliphatic carbocycles. The molecule has 0 saturated carbocycles. The van der Waals surface area contributed by atoms with Gasteiger partial charge in [0, 0.05) is 0 Å². The van der Waals surface area contributed by atoms with Crippen molar-refractivity contribution in [3.63, 3.8) is 0 Å². The molecule has 0 bridgehead atoms. The average Bonchev–Trinajstić information content (AvgIpc) is 2.75. The van der Waals surface area contributed by atoms with Crippen molar-refractivity contribution in [1.82, 2.24) is 9.97 Å². The molecule has 0 aliphatic heterocycles. The van der Waals surface area contributed by atoms with Gasteiger partial charge in [-0.25, -0.2) is 14.6 Å². The lowest BCUT2D eigenvalue weighted by molar-refractivity contribution is -0.147. The molecule has 8 nitrogen and oxygen atoms in total. The van der Waals surface area contributed by atoms with E-state index in [2.05, 4.69) is 28.6 Å². The number of hydrogen-bond acceptors (Lipinski definition) is 7. The summed E-state index contributed by atoms with van der Waals surface area (Å²) in [5.41, 5.74) is 1.34. The number of fused-ring (bicyclic) bond motifs is 1. The van der Waals surface area contributed by atoms with Crippen molar-refractivity contribution in [2.75, 3.05) is 13.7 Å². The van der Waals surface area contributed by atoms with Gasteiger partial charge in [0.1, 0.15) is 18.2 Å². The lowest BCUT2D eigenvalue weighted by Crippen LogP contribution is -2.18. The van der Waals surface area contributed by atoms with Crippen LogP contribution in [0.5, 0.6) is 5.75 Å². The van der Waals surface area contributed by atoms with E-state index in [0.717, 1.165) is 0 Å². The molecule has 3 rings (SSSR count). The number of aromatic amines is 1. The van der Waals surface area contributed by atoms with E-state index >= 15 is 0 Å². The van der Waals surface area contributed by atoms with Gasteiger partial charge in [-0.3, -0.25) is 4.79 Å². The van der Waals surface area contributed by atoms with Crippen LogP contribution in [0.2, 0.25) is 0 Å². The Kier molecular flexibility index (Phi) is 6.46. The predicted molar refractivity (Wildman–Crippen MR) is 110 cm³/mol. The Morgan fingerprint density at radius 1 is 1.10 bits per heavy atom. The lowest BCUT2D eigenvalue weighted by Gasteiger charge is -2.09. The molecule has 0 spiro atoms. The van der Waals surface area contributed by atoms with Crippen molar-refractivity contribution in [3.05, 3.63) is 69.8 Å². The van der Waals surface area contributed by atoms with Gasteiger partial charge in [0.2, 0.25) is 0 Å². The predicted octanol–water partition coefficient (Wildman–Crippen LogP) is 2.96. The fraction of sp³-hybridized carbons (Fsp3) is 0.273. The summed E-state index contributed by atoms with van der Waals surface area (Å²) in [6.45, 7) is 3.68. The number of aromatic nitrogens is 2. The van der Waals surface area contributed by atoms with Crippen LogP contribution < -0.4 is 10.3 Å². The monoisotopic (exact) mass is 410 g/mol. The van der Waals surface area contributed by atoms with Crippen molar-refractivity contribution in [1.29, 1.82) is 0 Å². The van der Waals surface area contributed by atoms with Gasteiger partial charge in [0.15, 0.2) is 6.61 Å². The summed E-state index contributed by atoms with van der Waals surface area (Å²) in [6, 6.07) is 11.9. The van der Waals surface area contributed by atoms with E-state index in [4.69, 9.17) is 9.47 Å². The van der Waals surface area contributed by atoms with E-state index in [-0.39, 0.29) is 24.6 Å². The average molecular weight is 410 g/mol. The Morgan fingerprint density at radius 2 is 1.83 bits per heavy atom. The molecule has 0 atom stereocenters. The maximum Gasteiger partial charge on any atom is 0.344 e. The summed E-state index contributed by atoms with van der Waals surface area (Å²) < 4.78 is 15.2. The molecule has 1 N–H and O–H groups in total. The van der Waals surface area contributed by atoms with Gasteiger partial charge in [-0.15, -0.1) is 0 Å². The molecule has 0 amide bonds. The van der Waals surface area contributed by atoms with E-state index in [1.807, 2.05) is 12.1 Å². The highest BCUT2D eigenvalue weighted by Crippen LogP contribution is 2.18. The number of nitrogens with one attached hydrogen (secondary N) is 1. The van der Waals surface area contributed by atoms with E-state index < -0.39 is 17.5 Å². The van der Waals surface area contributed by atoms with Gasteiger partial charge in [-0.2, -0.15) is 0 Å². The molecule has 0 aliphatic rings. The number of carbonyl (C=O) groups excluding carboxylic acids is 2.